The molecule has 5 N–H and O–H groups in total. The van der Waals surface area contributed by atoms with Crippen LogP contribution in [0.3, 0.4) is 0 Å². The smallest absolute Gasteiger partial charge is 0.261 e. The van der Waals surface area contributed by atoms with E-state index in [1.165, 1.54) is 0 Å². The number of anilines is 1. The van der Waals surface area contributed by atoms with Gasteiger partial charge in [-0.1, -0.05) is 35.5 Å². The van der Waals surface area contributed by atoms with Crippen molar-refractivity contribution < 1.29 is 14.3 Å². The van der Waals surface area contributed by atoms with E-state index in [0.29, 0.717) is 6.54 Å². The van der Waals surface area contributed by atoms with E-state index in [1.54, 1.807) is 0 Å². The number of hydrogen-bond donors (Lipinski definition) is 3. The molecule has 2 aromatic rings. The van der Waals surface area contributed by atoms with Gasteiger partial charge in [-0.05, 0) is 15.9 Å². The van der Waals surface area contributed by atoms with Crippen LogP contribution in [-0.4, -0.2) is 28.7 Å². The molecular weight excluding hydrogens is 276 g/mol. The molecule has 1 heterocycles. The van der Waals surface area contributed by atoms with Crippen molar-refractivity contribution in [2.45, 2.75) is 6.54 Å². The fourth-order valence-corrected chi connectivity index (χ4v) is 1.42. The molecule has 0 bridgehead atoms. The van der Waals surface area contributed by atoms with E-state index >= 15 is 0 Å². The minimum atomic E-state index is -0.332. The van der Waals surface area contributed by atoms with E-state index in [-0.39, 0.29) is 29.9 Å². The normalized spacial score (nSPS) is 11.1. The van der Waals surface area contributed by atoms with Crippen LogP contribution in [0, 0.1) is 0 Å². The summed E-state index contributed by atoms with van der Waals surface area (Å²) in [6.45, 7) is 0.126. The van der Waals surface area contributed by atoms with Crippen molar-refractivity contribution in [3.63, 3.8) is 0 Å². The van der Waals surface area contributed by atoms with Gasteiger partial charge in [0.15, 0.2) is 24.0 Å². The van der Waals surface area contributed by atoms with Crippen molar-refractivity contribution in [1.82, 2.24) is 15.6 Å². The average molecular weight is 290 g/mol. The zero-order chi connectivity index (χ0) is 15.1. The summed E-state index contributed by atoms with van der Waals surface area (Å²) in [6.07, 6.45) is 0. The fraction of sp³-hybridized carbons (Fsp3) is 0.167. The Labute approximate surface area is 119 Å². The molecule has 0 saturated carbocycles. The van der Waals surface area contributed by atoms with E-state index in [4.69, 9.17) is 16.3 Å². The molecule has 0 atom stereocenters. The largest absolute Gasteiger partial charge is 0.384 e. The van der Waals surface area contributed by atoms with Crippen molar-refractivity contribution in [1.29, 1.82) is 0 Å². The van der Waals surface area contributed by atoms with Gasteiger partial charge in [0, 0.05) is 6.54 Å². The number of nitrogens with two attached hydrogens (primary N) is 2. The first-order valence-corrected chi connectivity index (χ1v) is 6.01. The molecular formula is C12H14N6O3. The number of carbonyl (C=O) groups excluding carboxylic acids is 1. The SMILES string of the molecule is N/C(=N\OCC(=O)NCc1ccccc1)c1nonc1N. The Hall–Kier alpha value is -3.10. The van der Waals surface area contributed by atoms with Crippen LogP contribution in [0.4, 0.5) is 5.82 Å². The molecule has 0 aliphatic rings. The first kappa shape index (κ1) is 14.3. The number of carbonyl (C=O) groups is 1. The summed E-state index contributed by atoms with van der Waals surface area (Å²) in [5, 5.41) is 13.0. The zero-order valence-electron chi connectivity index (χ0n) is 11.0. The standard InChI is InChI=1S/C12H14N6O3/c13-11(10-12(14)18-21-16-10)17-20-7-9(19)15-6-8-4-2-1-3-5-8/h1-5H,6-7H2,(H2,13,17)(H2,14,18)(H,15,19). The summed E-state index contributed by atoms with van der Waals surface area (Å²) < 4.78 is 4.36. The molecule has 1 aromatic heterocycles. The van der Waals surface area contributed by atoms with Gasteiger partial charge < -0.3 is 21.6 Å². The molecule has 21 heavy (non-hydrogen) atoms. The van der Waals surface area contributed by atoms with Crippen LogP contribution in [0.1, 0.15) is 11.3 Å². The summed E-state index contributed by atoms with van der Waals surface area (Å²) in [5.74, 6) is -0.459. The number of benzene rings is 1. The second-order valence-electron chi connectivity index (χ2n) is 4.01. The minimum Gasteiger partial charge on any atom is -0.384 e. The first-order valence-electron chi connectivity index (χ1n) is 6.01. The Balaban J connectivity index is 1.75. The van der Waals surface area contributed by atoms with Gasteiger partial charge in [-0.2, -0.15) is 0 Å². The predicted molar refractivity (Wildman–Crippen MR) is 73.7 cm³/mol. The Morgan fingerprint density at radius 1 is 1.33 bits per heavy atom. The highest BCUT2D eigenvalue weighted by Crippen LogP contribution is 2.03. The number of amidine groups is 1. The summed E-state index contributed by atoms with van der Waals surface area (Å²) in [6, 6.07) is 9.48. The lowest BCUT2D eigenvalue weighted by Crippen LogP contribution is -2.27. The van der Waals surface area contributed by atoms with Crippen LogP contribution < -0.4 is 16.8 Å². The van der Waals surface area contributed by atoms with Crippen LogP contribution in [0.15, 0.2) is 40.1 Å². The molecule has 0 radical (unpaired) electrons. The van der Waals surface area contributed by atoms with Crippen LogP contribution in [0.5, 0.6) is 0 Å². The first-order chi connectivity index (χ1) is 10.2. The van der Waals surface area contributed by atoms with Gasteiger partial charge in [-0.3, -0.25) is 4.79 Å². The highest BCUT2D eigenvalue weighted by molar-refractivity contribution is 5.98. The topological polar surface area (TPSA) is 142 Å². The molecule has 0 spiro atoms. The minimum absolute atomic E-state index is 0.00613. The Bertz CT molecular complexity index is 625. The number of rotatable bonds is 6. The quantitative estimate of drug-likeness (QED) is 0.373. The molecule has 9 nitrogen and oxygen atoms in total. The molecule has 1 amide bonds. The second kappa shape index (κ2) is 6.89. The van der Waals surface area contributed by atoms with E-state index in [9.17, 15) is 4.79 Å². The van der Waals surface area contributed by atoms with E-state index in [1.807, 2.05) is 30.3 Å². The van der Waals surface area contributed by atoms with Crippen molar-refractivity contribution in [3.8, 4) is 0 Å². The number of nitrogens with one attached hydrogen (secondary N) is 1. The monoisotopic (exact) mass is 290 g/mol. The van der Waals surface area contributed by atoms with Crippen molar-refractivity contribution in [2.24, 2.45) is 10.9 Å². The third-order valence-electron chi connectivity index (χ3n) is 2.45. The van der Waals surface area contributed by atoms with Gasteiger partial charge in [0.05, 0.1) is 0 Å². The van der Waals surface area contributed by atoms with Crippen LogP contribution >= 0.6 is 0 Å². The zero-order valence-corrected chi connectivity index (χ0v) is 11.0. The van der Waals surface area contributed by atoms with Gasteiger partial charge in [0.2, 0.25) is 0 Å². The fourth-order valence-electron chi connectivity index (χ4n) is 1.42. The van der Waals surface area contributed by atoms with Crippen molar-refractivity contribution in [2.75, 3.05) is 12.3 Å². The maximum Gasteiger partial charge on any atom is 0.261 e. The van der Waals surface area contributed by atoms with Gasteiger partial charge in [0.1, 0.15) is 0 Å². The lowest BCUT2D eigenvalue weighted by molar-refractivity contribution is -0.125. The summed E-state index contributed by atoms with van der Waals surface area (Å²) >= 11 is 0. The Morgan fingerprint density at radius 3 is 2.76 bits per heavy atom. The molecule has 9 heteroatoms. The van der Waals surface area contributed by atoms with E-state index < -0.39 is 0 Å². The Kier molecular flexibility index (Phi) is 4.70. The highest BCUT2D eigenvalue weighted by atomic mass is 16.6. The molecule has 0 saturated heterocycles. The maximum absolute atomic E-state index is 11.5. The van der Waals surface area contributed by atoms with Gasteiger partial charge >= 0.3 is 0 Å². The second-order valence-corrected chi connectivity index (χ2v) is 4.01. The number of nitrogen functional groups attached to an aromatic ring is 1. The molecule has 0 aliphatic heterocycles. The number of nitrogens with zero attached hydrogens (tertiary/aromatic N) is 3. The van der Waals surface area contributed by atoms with Crippen LogP contribution in [0.25, 0.3) is 0 Å². The highest BCUT2D eigenvalue weighted by Gasteiger charge is 2.11. The molecule has 110 valence electrons. The molecule has 0 unspecified atom stereocenters. The molecule has 0 fully saturated rings. The predicted octanol–water partition coefficient (Wildman–Crippen LogP) is -0.395. The lowest BCUT2D eigenvalue weighted by Gasteiger charge is -2.04. The third-order valence-corrected chi connectivity index (χ3v) is 2.45. The van der Waals surface area contributed by atoms with Crippen molar-refractivity contribution >= 4 is 17.6 Å². The van der Waals surface area contributed by atoms with Crippen LogP contribution in [0.2, 0.25) is 0 Å². The Morgan fingerprint density at radius 2 is 2.10 bits per heavy atom. The summed E-state index contributed by atoms with van der Waals surface area (Å²) in [5.41, 5.74) is 12.0. The van der Waals surface area contributed by atoms with Gasteiger partial charge in [0.25, 0.3) is 5.91 Å². The molecule has 0 aliphatic carbocycles. The van der Waals surface area contributed by atoms with E-state index in [0.717, 1.165) is 5.56 Å². The lowest BCUT2D eigenvalue weighted by atomic mass is 10.2. The molecule has 1 aromatic carbocycles. The molecule has 2 rings (SSSR count). The maximum atomic E-state index is 11.5. The van der Waals surface area contributed by atoms with Gasteiger partial charge in [-0.25, -0.2) is 4.63 Å². The summed E-state index contributed by atoms with van der Waals surface area (Å²) in [4.78, 5) is 16.3. The third kappa shape index (κ3) is 4.20. The summed E-state index contributed by atoms with van der Waals surface area (Å²) in [7, 11) is 0. The van der Waals surface area contributed by atoms with Gasteiger partial charge in [-0.15, -0.1) is 0 Å². The van der Waals surface area contributed by atoms with Crippen molar-refractivity contribution in [3.05, 3.63) is 41.6 Å². The number of oxime groups is 1. The van der Waals surface area contributed by atoms with Crippen LogP contribution in [-0.2, 0) is 16.2 Å². The average Bonchev–Trinajstić information content (AvgIpc) is 2.92. The number of amides is 1. The number of hydrogen-bond acceptors (Lipinski definition) is 7. The number of aromatic nitrogens is 2. The van der Waals surface area contributed by atoms with E-state index in [2.05, 4.69) is 25.4 Å².